The predicted octanol–water partition coefficient (Wildman–Crippen LogP) is 3.08. The van der Waals surface area contributed by atoms with E-state index in [4.69, 9.17) is 5.73 Å². The Morgan fingerprint density at radius 3 is 2.52 bits per heavy atom. The molecule has 1 rings (SSSR count). The van der Waals surface area contributed by atoms with Crippen molar-refractivity contribution in [1.82, 2.24) is 10.2 Å². The molecule has 0 spiro atoms. The Bertz CT molecular complexity index is 483. The van der Waals surface area contributed by atoms with Gasteiger partial charge in [-0.25, -0.2) is 0 Å². The summed E-state index contributed by atoms with van der Waals surface area (Å²) in [4.78, 5) is 15.3. The zero-order valence-corrected chi connectivity index (χ0v) is 16.8. The third-order valence-corrected chi connectivity index (χ3v) is 5.09. The Morgan fingerprint density at radius 1 is 1.28 bits per heavy atom. The summed E-state index contributed by atoms with van der Waals surface area (Å²) in [5.74, 6) is 1.05. The third kappa shape index (κ3) is 7.80. The molecule has 0 radical (unpaired) electrons. The summed E-state index contributed by atoms with van der Waals surface area (Å²) in [5, 5.41) is 3.40. The lowest BCUT2D eigenvalue weighted by atomic mass is 9.97. The van der Waals surface area contributed by atoms with Crippen molar-refractivity contribution in [2.24, 2.45) is 11.7 Å². The van der Waals surface area contributed by atoms with Crippen molar-refractivity contribution in [2.75, 3.05) is 18.8 Å². The maximum atomic E-state index is 13.3. The van der Waals surface area contributed by atoms with Gasteiger partial charge in [0.05, 0.1) is 6.04 Å². The molecule has 0 bridgehead atoms. The summed E-state index contributed by atoms with van der Waals surface area (Å²) in [6, 6.07) is 9.97. The second-order valence-electron chi connectivity index (χ2n) is 6.81. The van der Waals surface area contributed by atoms with Crippen LogP contribution in [0.25, 0.3) is 0 Å². The second-order valence-corrected chi connectivity index (χ2v) is 7.18. The quantitative estimate of drug-likeness (QED) is 0.499. The van der Waals surface area contributed by atoms with Gasteiger partial charge < -0.3 is 16.0 Å². The first kappa shape index (κ1) is 22.0. The average molecular weight is 366 g/mol. The van der Waals surface area contributed by atoms with E-state index in [1.54, 1.807) is 0 Å². The maximum Gasteiger partial charge on any atom is 0.240 e. The van der Waals surface area contributed by atoms with Gasteiger partial charge in [0.25, 0.3) is 0 Å². The minimum atomic E-state index is -0.198. The Labute approximate surface area is 159 Å². The van der Waals surface area contributed by atoms with Gasteiger partial charge in [0.15, 0.2) is 0 Å². The van der Waals surface area contributed by atoms with Crippen LogP contribution in [0.2, 0.25) is 0 Å². The lowest BCUT2D eigenvalue weighted by molar-refractivity contribution is -0.135. The van der Waals surface area contributed by atoms with Crippen LogP contribution in [0.3, 0.4) is 0 Å². The van der Waals surface area contributed by atoms with Crippen LogP contribution in [0.4, 0.5) is 0 Å². The molecule has 5 heteroatoms. The van der Waals surface area contributed by atoms with Crippen LogP contribution < -0.4 is 11.1 Å². The highest BCUT2D eigenvalue weighted by atomic mass is 32.1. The fourth-order valence-electron chi connectivity index (χ4n) is 2.73. The highest BCUT2D eigenvalue weighted by Gasteiger charge is 2.28. The van der Waals surface area contributed by atoms with E-state index in [1.807, 2.05) is 23.1 Å². The fraction of sp³-hybridized carbons (Fsp3) is 0.650. The number of nitrogens with two attached hydrogens (primary N) is 1. The third-order valence-electron chi connectivity index (χ3n) is 4.62. The van der Waals surface area contributed by atoms with Crippen molar-refractivity contribution in [2.45, 2.75) is 58.7 Å². The number of benzene rings is 1. The molecule has 0 fully saturated rings. The first-order valence-electron chi connectivity index (χ1n) is 9.45. The number of unbranched alkanes of at least 4 members (excludes halogenated alkanes) is 1. The van der Waals surface area contributed by atoms with Gasteiger partial charge in [0.2, 0.25) is 5.91 Å². The molecule has 3 N–H and O–H groups in total. The topological polar surface area (TPSA) is 58.4 Å². The van der Waals surface area contributed by atoms with Crippen molar-refractivity contribution in [1.29, 1.82) is 0 Å². The molecule has 142 valence electrons. The molecule has 25 heavy (non-hydrogen) atoms. The molecule has 0 aliphatic rings. The number of amides is 1. The van der Waals surface area contributed by atoms with Gasteiger partial charge in [0.1, 0.15) is 0 Å². The van der Waals surface area contributed by atoms with Gasteiger partial charge in [-0.15, -0.1) is 0 Å². The number of hydrogen-bond acceptors (Lipinski definition) is 4. The first-order valence-corrected chi connectivity index (χ1v) is 10.1. The lowest BCUT2D eigenvalue weighted by Gasteiger charge is -2.31. The second kappa shape index (κ2) is 12.3. The number of hydrogen-bond donors (Lipinski definition) is 3. The minimum Gasteiger partial charge on any atom is -0.337 e. The molecule has 1 amide bonds. The highest BCUT2D eigenvalue weighted by molar-refractivity contribution is 7.80. The summed E-state index contributed by atoms with van der Waals surface area (Å²) >= 11 is 4.24. The van der Waals surface area contributed by atoms with Crippen LogP contribution in [0, 0.1) is 5.92 Å². The molecule has 0 saturated carbocycles. The summed E-state index contributed by atoms with van der Waals surface area (Å²) in [6.45, 7) is 8.46. The van der Waals surface area contributed by atoms with E-state index in [1.165, 1.54) is 5.56 Å². The van der Waals surface area contributed by atoms with E-state index < -0.39 is 0 Å². The molecule has 3 atom stereocenters. The maximum absolute atomic E-state index is 13.3. The largest absolute Gasteiger partial charge is 0.337 e. The van der Waals surface area contributed by atoms with Crippen LogP contribution in [0.1, 0.15) is 45.6 Å². The Morgan fingerprint density at radius 2 is 1.96 bits per heavy atom. The predicted molar refractivity (Wildman–Crippen MR) is 110 cm³/mol. The van der Waals surface area contributed by atoms with E-state index in [2.05, 4.69) is 50.8 Å². The van der Waals surface area contributed by atoms with Gasteiger partial charge >= 0.3 is 0 Å². The summed E-state index contributed by atoms with van der Waals surface area (Å²) < 4.78 is 0. The number of carbonyl (C=O) groups excluding carboxylic acids is 1. The summed E-state index contributed by atoms with van der Waals surface area (Å²) in [5.41, 5.74) is 7.15. The van der Waals surface area contributed by atoms with Gasteiger partial charge in [0, 0.05) is 31.4 Å². The van der Waals surface area contributed by atoms with Gasteiger partial charge in [-0.05, 0) is 17.9 Å². The van der Waals surface area contributed by atoms with Crippen LogP contribution in [0.15, 0.2) is 30.3 Å². The molecule has 0 unspecified atom stereocenters. The van der Waals surface area contributed by atoms with Crippen LogP contribution >= 0.6 is 12.6 Å². The zero-order valence-electron chi connectivity index (χ0n) is 15.9. The smallest absolute Gasteiger partial charge is 0.240 e. The Hall–Kier alpha value is -1.04. The molecular weight excluding hydrogens is 330 g/mol. The first-order chi connectivity index (χ1) is 12.0. The van der Waals surface area contributed by atoms with Crippen LogP contribution in [-0.2, 0) is 11.3 Å². The van der Waals surface area contributed by atoms with Crippen molar-refractivity contribution in [3.05, 3.63) is 35.9 Å². The molecule has 1 aromatic rings. The van der Waals surface area contributed by atoms with Crippen molar-refractivity contribution < 1.29 is 4.79 Å². The molecule has 1 aromatic carbocycles. The van der Waals surface area contributed by atoms with Crippen molar-refractivity contribution in [3.8, 4) is 0 Å². The van der Waals surface area contributed by atoms with Gasteiger partial charge in [-0.1, -0.05) is 63.9 Å². The minimum absolute atomic E-state index is 0.0408. The number of rotatable bonds is 12. The van der Waals surface area contributed by atoms with Crippen molar-refractivity contribution in [3.63, 3.8) is 0 Å². The zero-order chi connectivity index (χ0) is 18.7. The molecule has 0 heterocycles. The number of nitrogens with zero attached hydrogens (tertiary/aromatic N) is 1. The van der Waals surface area contributed by atoms with Crippen molar-refractivity contribution >= 4 is 18.5 Å². The van der Waals surface area contributed by atoms with Gasteiger partial charge in [-0.3, -0.25) is 4.79 Å². The van der Waals surface area contributed by atoms with Crippen LogP contribution in [-0.4, -0.2) is 41.7 Å². The molecule has 0 aliphatic heterocycles. The number of thiol groups is 1. The van der Waals surface area contributed by atoms with E-state index in [-0.39, 0.29) is 23.9 Å². The molecule has 4 nitrogen and oxygen atoms in total. The SMILES string of the molecule is CCCCN(Cc1ccccc1)C(=O)[C@@H](NC[C@@H](N)CS)[C@@H](C)CC. The van der Waals surface area contributed by atoms with E-state index in [0.717, 1.165) is 25.8 Å². The van der Waals surface area contributed by atoms with E-state index >= 15 is 0 Å². The lowest BCUT2D eigenvalue weighted by Crippen LogP contribution is -2.52. The monoisotopic (exact) mass is 365 g/mol. The van der Waals surface area contributed by atoms with E-state index in [0.29, 0.717) is 18.8 Å². The molecule has 0 aliphatic carbocycles. The molecule has 0 aromatic heterocycles. The summed E-state index contributed by atoms with van der Waals surface area (Å²) in [6.07, 6.45) is 3.04. The number of nitrogens with one attached hydrogen (secondary N) is 1. The van der Waals surface area contributed by atoms with Gasteiger partial charge in [-0.2, -0.15) is 12.6 Å². The Kier molecular flexibility index (Phi) is 10.9. The summed E-state index contributed by atoms with van der Waals surface area (Å²) in [7, 11) is 0. The molecular formula is C20H35N3OS. The van der Waals surface area contributed by atoms with E-state index in [9.17, 15) is 4.79 Å². The fourth-order valence-corrected chi connectivity index (χ4v) is 2.86. The Balaban J connectivity index is 2.87. The highest BCUT2D eigenvalue weighted by Crippen LogP contribution is 2.14. The number of carbonyl (C=O) groups is 1. The average Bonchev–Trinajstić information content (AvgIpc) is 2.65. The van der Waals surface area contributed by atoms with Crippen LogP contribution in [0.5, 0.6) is 0 Å². The normalized spacial score (nSPS) is 14.8. The molecule has 0 saturated heterocycles. The standard InChI is InChI=1S/C20H35N3OS/c1-4-6-12-23(14-17-10-8-7-9-11-17)20(24)19(16(3)5-2)22-13-18(21)15-25/h7-11,16,18-19,22,25H,4-6,12-15,21H2,1-3H3/t16-,18+,19-/m0/s1.